The van der Waals surface area contributed by atoms with Crippen LogP contribution in [0.3, 0.4) is 0 Å². The highest BCUT2D eigenvalue weighted by Gasteiger charge is 2.04. The maximum atomic E-state index is 8.57. The molecule has 0 amide bonds. The van der Waals surface area contributed by atoms with E-state index in [0.717, 1.165) is 4.48 Å². The molecule has 124 valence electrons. The Labute approximate surface area is 134 Å². The zero-order valence-electron chi connectivity index (χ0n) is 13.8. The maximum Gasteiger partial charge on any atom is 0.282 e. The molecule has 0 bridgehead atoms. The Bertz CT molecular complexity index is 182. The molecule has 0 unspecified atom stereocenters. The van der Waals surface area contributed by atoms with Crippen molar-refractivity contribution in [3.63, 3.8) is 0 Å². The molecule has 0 N–H and O–H groups in total. The summed E-state index contributed by atoms with van der Waals surface area (Å²) in [6.45, 7) is 3.62. The third-order valence-corrected chi connectivity index (χ3v) is 3.18. The Kier molecular flexibility index (Phi) is 18.2. The first-order chi connectivity index (χ1) is 9.29. The van der Waals surface area contributed by atoms with Crippen LogP contribution in [-0.4, -0.2) is 32.2 Å². The Morgan fingerprint density at radius 3 is 1.25 bits per heavy atom. The van der Waals surface area contributed by atoms with Crippen LogP contribution >= 0.6 is 0 Å². The van der Waals surface area contributed by atoms with Gasteiger partial charge in [0.1, 0.15) is 0 Å². The predicted molar refractivity (Wildman–Crippen MR) is 74.7 cm³/mol. The largest absolute Gasteiger partial charge is 0.427 e. The fourth-order valence-electron chi connectivity index (χ4n) is 2.07. The van der Waals surface area contributed by atoms with Gasteiger partial charge in [-0.1, -0.05) is 58.3 Å². The molecule has 0 radical (unpaired) electrons. The van der Waals surface area contributed by atoms with Crippen LogP contribution in [0.1, 0.15) is 71.1 Å². The molecule has 0 aliphatic heterocycles. The van der Waals surface area contributed by atoms with E-state index in [9.17, 15) is 0 Å². The van der Waals surface area contributed by atoms with Gasteiger partial charge in [0.15, 0.2) is 0 Å². The Hall–Kier alpha value is 0.570. The summed E-state index contributed by atoms with van der Waals surface area (Å²) in [7, 11) is 6.86. The third-order valence-electron chi connectivity index (χ3n) is 3.18. The van der Waals surface area contributed by atoms with E-state index in [1.807, 2.05) is 0 Å². The van der Waals surface area contributed by atoms with Crippen LogP contribution in [0.15, 0.2) is 0 Å². The maximum absolute atomic E-state index is 8.57. The first-order valence-corrected chi connectivity index (χ1v) is 10.5. The van der Waals surface area contributed by atoms with E-state index < -0.39 is 21.1 Å². The van der Waals surface area contributed by atoms with Gasteiger partial charge < -0.3 is 14.8 Å². The minimum atomic E-state index is -4.01. The number of hydrogen-bond acceptors (Lipinski definition) is 3. The van der Waals surface area contributed by atoms with Gasteiger partial charge >= 0.3 is 0 Å². The third kappa shape index (κ3) is 31.1. The van der Waals surface area contributed by atoms with Crippen molar-refractivity contribution in [1.29, 1.82) is 0 Å². The molecule has 0 atom stereocenters. The summed E-state index contributed by atoms with van der Waals surface area (Å²) < 4.78 is 26.8. The van der Waals surface area contributed by atoms with Crippen LogP contribution in [0.2, 0.25) is 0 Å². The van der Waals surface area contributed by atoms with Crippen LogP contribution in [-0.2, 0) is 0 Å². The van der Waals surface area contributed by atoms with E-state index in [1.54, 1.807) is 0 Å². The number of halogens is 1. The van der Waals surface area contributed by atoms with E-state index in [-0.39, 0.29) is 0 Å². The van der Waals surface area contributed by atoms with Crippen molar-refractivity contribution in [2.45, 2.75) is 71.1 Å². The number of nitrogens with zero attached hydrogens (tertiary/aromatic N) is 1. The minimum absolute atomic E-state index is 1.12. The highest BCUT2D eigenvalue weighted by atomic mass is 127. The summed E-state index contributed by atoms with van der Waals surface area (Å²) in [4.78, 5) is 0. The van der Waals surface area contributed by atoms with Gasteiger partial charge in [-0.15, -0.1) is 0 Å². The second-order valence-electron chi connectivity index (χ2n) is 6.38. The summed E-state index contributed by atoms with van der Waals surface area (Å²) in [5, 5.41) is 0. The summed E-state index contributed by atoms with van der Waals surface area (Å²) >= 11 is -4.01. The lowest BCUT2D eigenvalue weighted by Crippen LogP contribution is -4.05. The van der Waals surface area contributed by atoms with Gasteiger partial charge in [0, 0.05) is 0 Å². The molecule has 0 saturated carbocycles. The van der Waals surface area contributed by atoms with Crippen LogP contribution in [0.4, 0.5) is 0 Å². The molecule has 5 heteroatoms. The average Bonchev–Trinajstić information content (AvgIpc) is 2.29. The van der Waals surface area contributed by atoms with E-state index in [4.69, 9.17) is 10.3 Å². The molecule has 0 aromatic heterocycles. The van der Waals surface area contributed by atoms with E-state index in [0.29, 0.717) is 0 Å². The first-order valence-electron chi connectivity index (χ1n) is 7.83. The van der Waals surface area contributed by atoms with Gasteiger partial charge in [-0.2, -0.15) is 0 Å². The van der Waals surface area contributed by atoms with Gasteiger partial charge in [0.2, 0.25) is 0 Å². The lowest BCUT2D eigenvalue weighted by Gasteiger charge is -2.23. The summed E-state index contributed by atoms with van der Waals surface area (Å²) in [6, 6.07) is 0. The number of hydrogen-bond donors (Lipinski definition) is 0. The Morgan fingerprint density at radius 2 is 0.950 bits per heavy atom. The van der Waals surface area contributed by atoms with Gasteiger partial charge in [-0.3, -0.25) is 0 Å². The minimum Gasteiger partial charge on any atom is -0.427 e. The van der Waals surface area contributed by atoms with Gasteiger partial charge in [0.05, 0.1) is 27.7 Å². The molecule has 0 heterocycles. The van der Waals surface area contributed by atoms with Crippen LogP contribution in [0, 0.1) is 0 Å². The Balaban J connectivity index is 0. The molecule has 20 heavy (non-hydrogen) atoms. The van der Waals surface area contributed by atoms with Crippen LogP contribution in [0.25, 0.3) is 0 Å². The molecule has 0 fully saturated rings. The van der Waals surface area contributed by atoms with Crippen LogP contribution < -0.4 is 31.4 Å². The second kappa shape index (κ2) is 15.9. The summed E-state index contributed by atoms with van der Waals surface area (Å²) in [5.74, 6) is 0. The molecule has 0 spiro atoms. The van der Waals surface area contributed by atoms with Crippen molar-refractivity contribution in [2.24, 2.45) is 0 Å². The SMILES string of the molecule is CCCCCCCCCCCC[N+](C)(C)C.[O-][I+2]([O-])[O-]. The highest BCUT2D eigenvalue weighted by molar-refractivity contribution is 4.47. The smallest absolute Gasteiger partial charge is 0.282 e. The van der Waals surface area contributed by atoms with E-state index in [1.165, 1.54) is 70.8 Å². The van der Waals surface area contributed by atoms with E-state index >= 15 is 0 Å². The lowest BCUT2D eigenvalue weighted by molar-refractivity contribution is -1.73. The fraction of sp³-hybridized carbons (Fsp3) is 1.00. The lowest BCUT2D eigenvalue weighted by atomic mass is 10.1. The monoisotopic (exact) mass is 403 g/mol. The fourth-order valence-corrected chi connectivity index (χ4v) is 2.07. The quantitative estimate of drug-likeness (QED) is 0.229. The zero-order chi connectivity index (χ0) is 15.9. The molecule has 0 aromatic carbocycles. The molecular weight excluding hydrogens is 369 g/mol. The topological polar surface area (TPSA) is 69.2 Å². The molecule has 0 saturated heterocycles. The standard InChI is InChI=1S/C15H34N.IO3/c1-5-6-7-8-9-10-11-12-13-14-15-16(2,3)4;2-1(3)4/h5-15H2,1-4H3;/q+1;-1. The first kappa shape index (κ1) is 22.8. The van der Waals surface area contributed by atoms with E-state index in [2.05, 4.69) is 28.1 Å². The molecule has 0 aliphatic carbocycles. The highest BCUT2D eigenvalue weighted by Crippen LogP contribution is 2.10. The number of quaternary nitrogens is 1. The number of rotatable bonds is 11. The van der Waals surface area contributed by atoms with Crippen molar-refractivity contribution in [2.75, 3.05) is 27.7 Å². The average molecular weight is 403 g/mol. The second-order valence-corrected chi connectivity index (χ2v) is 7.46. The number of unbranched alkanes of at least 4 members (excludes halogenated alkanes) is 9. The van der Waals surface area contributed by atoms with Gasteiger partial charge in [0.25, 0.3) is 21.1 Å². The molecule has 4 nitrogen and oxygen atoms in total. The normalized spacial score (nSPS) is 11.4. The molecule has 0 aliphatic rings. The molecular formula is C15H34INO3. The predicted octanol–water partition coefficient (Wildman–Crippen LogP) is -1.95. The van der Waals surface area contributed by atoms with Crippen molar-refractivity contribution in [3.8, 4) is 0 Å². The van der Waals surface area contributed by atoms with Crippen LogP contribution in [0.5, 0.6) is 0 Å². The zero-order valence-corrected chi connectivity index (χ0v) is 16.0. The summed E-state index contributed by atoms with van der Waals surface area (Å²) in [6.07, 6.45) is 14.4. The Morgan fingerprint density at radius 1 is 0.650 bits per heavy atom. The van der Waals surface area contributed by atoms with Crippen molar-refractivity contribution >= 4 is 0 Å². The molecule has 0 aromatic rings. The van der Waals surface area contributed by atoms with Crippen molar-refractivity contribution in [1.82, 2.24) is 0 Å². The van der Waals surface area contributed by atoms with Crippen molar-refractivity contribution < 1.29 is 35.9 Å². The van der Waals surface area contributed by atoms with Gasteiger partial charge in [-0.05, 0) is 12.8 Å². The molecule has 0 rings (SSSR count). The van der Waals surface area contributed by atoms with Gasteiger partial charge in [-0.25, -0.2) is 0 Å². The summed E-state index contributed by atoms with van der Waals surface area (Å²) in [5.41, 5.74) is 0. The van der Waals surface area contributed by atoms with Crippen molar-refractivity contribution in [3.05, 3.63) is 0 Å².